The van der Waals surface area contributed by atoms with E-state index in [0.717, 1.165) is 32.2 Å². The van der Waals surface area contributed by atoms with Crippen molar-refractivity contribution in [3.63, 3.8) is 0 Å². The smallest absolute Gasteiger partial charge is 0.173 e. The van der Waals surface area contributed by atoms with E-state index in [0.29, 0.717) is 39.5 Å². The summed E-state index contributed by atoms with van der Waals surface area (Å²) in [5.74, 6) is 0.0483. The van der Waals surface area contributed by atoms with Crippen LogP contribution in [0.3, 0.4) is 0 Å². The third-order valence-electron chi connectivity index (χ3n) is 6.41. The Hall–Kier alpha value is -2.19. The van der Waals surface area contributed by atoms with Crippen LogP contribution < -0.4 is 10.1 Å². The van der Waals surface area contributed by atoms with E-state index in [9.17, 15) is 9.18 Å². The number of methoxy groups -OCH3 is 1. The lowest BCUT2D eigenvalue weighted by Crippen LogP contribution is -2.31. The van der Waals surface area contributed by atoms with Crippen LogP contribution >= 0.6 is 36.4 Å². The Balaban J connectivity index is 0.00000228. The first-order valence-electron chi connectivity index (χ1n) is 11.5. The van der Waals surface area contributed by atoms with Crippen molar-refractivity contribution in [2.24, 2.45) is 5.92 Å². The van der Waals surface area contributed by atoms with E-state index < -0.39 is 5.82 Å². The molecule has 6 nitrogen and oxygen atoms in total. The number of Topliss-reactive ketones (excluding diaryl/α,β-unsaturated/α-hetero) is 1. The molecule has 0 bridgehead atoms. The van der Waals surface area contributed by atoms with Crippen molar-refractivity contribution in [3.8, 4) is 17.0 Å². The molecule has 0 radical (unpaired) electrons. The number of fused-ring (bicyclic) bond motifs is 1. The first-order chi connectivity index (χ1) is 16.3. The minimum absolute atomic E-state index is 0. The maximum Gasteiger partial charge on any atom is 0.173 e. The number of ether oxygens (including phenoxy) is 1. The largest absolute Gasteiger partial charge is 0.492 e. The third kappa shape index (κ3) is 6.57. The predicted molar refractivity (Wildman–Crippen MR) is 149 cm³/mol. The van der Waals surface area contributed by atoms with E-state index in [2.05, 4.69) is 29.3 Å². The van der Waals surface area contributed by atoms with Gasteiger partial charge >= 0.3 is 0 Å². The van der Waals surface area contributed by atoms with Crippen LogP contribution in [0, 0.1) is 11.7 Å². The van der Waals surface area contributed by atoms with Gasteiger partial charge in [-0.05, 0) is 76.9 Å². The molecule has 0 aliphatic heterocycles. The molecule has 1 aliphatic rings. The second kappa shape index (κ2) is 12.9. The number of pyridine rings is 2. The average Bonchev–Trinajstić information content (AvgIpc) is 2.79. The second-order valence-corrected chi connectivity index (χ2v) is 9.67. The van der Waals surface area contributed by atoms with E-state index in [-0.39, 0.29) is 47.4 Å². The zero-order valence-corrected chi connectivity index (χ0v) is 23.2. The minimum atomic E-state index is -0.560. The maximum absolute atomic E-state index is 14.5. The lowest BCUT2D eigenvalue weighted by Gasteiger charge is -2.31. The lowest BCUT2D eigenvalue weighted by molar-refractivity contribution is 0.101. The summed E-state index contributed by atoms with van der Waals surface area (Å²) in [5, 5.41) is 3.78. The van der Waals surface area contributed by atoms with Gasteiger partial charge < -0.3 is 15.0 Å². The van der Waals surface area contributed by atoms with Crippen molar-refractivity contribution in [2.75, 3.05) is 33.1 Å². The molecule has 0 atom stereocenters. The molecular formula is C26H32Cl3FN4O2. The molecule has 0 spiro atoms. The number of nitrogens with zero attached hydrogens (tertiary/aromatic N) is 3. The van der Waals surface area contributed by atoms with E-state index in [1.54, 1.807) is 18.3 Å². The Morgan fingerprint density at radius 1 is 1.19 bits per heavy atom. The summed E-state index contributed by atoms with van der Waals surface area (Å²) in [6.45, 7) is 2.62. The Kier molecular flexibility index (Phi) is 10.7. The van der Waals surface area contributed by atoms with E-state index in [1.165, 1.54) is 20.1 Å². The van der Waals surface area contributed by atoms with Gasteiger partial charge in [-0.1, -0.05) is 11.6 Å². The maximum atomic E-state index is 14.5. The first-order valence-corrected chi connectivity index (χ1v) is 11.9. The number of anilines is 1. The molecule has 2 heterocycles. The van der Waals surface area contributed by atoms with Gasteiger partial charge in [0.1, 0.15) is 5.52 Å². The number of halogens is 4. The van der Waals surface area contributed by atoms with Crippen LogP contribution in [0.15, 0.2) is 30.5 Å². The minimum Gasteiger partial charge on any atom is -0.492 e. The highest BCUT2D eigenvalue weighted by Gasteiger charge is 2.24. The van der Waals surface area contributed by atoms with Crippen molar-refractivity contribution in [1.82, 2.24) is 14.9 Å². The summed E-state index contributed by atoms with van der Waals surface area (Å²) in [4.78, 5) is 23.9. The predicted octanol–water partition coefficient (Wildman–Crippen LogP) is 6.68. The molecule has 1 saturated carbocycles. The van der Waals surface area contributed by atoms with Crippen LogP contribution in [-0.2, 0) is 0 Å². The quantitative estimate of drug-likeness (QED) is 0.327. The van der Waals surface area contributed by atoms with Crippen molar-refractivity contribution in [2.45, 2.75) is 38.6 Å². The molecule has 0 saturated heterocycles. The summed E-state index contributed by atoms with van der Waals surface area (Å²) in [6, 6.07) is 6.83. The second-order valence-electron chi connectivity index (χ2n) is 9.26. The number of aromatic nitrogens is 2. The van der Waals surface area contributed by atoms with Crippen LogP contribution in [0.4, 0.5) is 10.1 Å². The van der Waals surface area contributed by atoms with Crippen molar-refractivity contribution >= 4 is 58.9 Å². The van der Waals surface area contributed by atoms with Crippen LogP contribution in [0.1, 0.15) is 43.0 Å². The van der Waals surface area contributed by atoms with E-state index in [1.807, 2.05) is 6.07 Å². The molecule has 196 valence electrons. The Morgan fingerprint density at radius 2 is 1.89 bits per heavy atom. The van der Waals surface area contributed by atoms with Gasteiger partial charge in [-0.3, -0.25) is 9.78 Å². The SMILES string of the molecule is COc1c(F)cc(-c2ccc3ncc(C(C)=O)c(NC4CCC(CN(C)C)CC4)c3n2)cc1Cl.Cl.Cl. The van der Waals surface area contributed by atoms with Gasteiger partial charge in [-0.25, -0.2) is 9.37 Å². The van der Waals surface area contributed by atoms with Gasteiger partial charge in [0, 0.05) is 24.3 Å². The number of hydrogen-bond donors (Lipinski definition) is 1. The number of rotatable bonds is 7. The topological polar surface area (TPSA) is 67.3 Å². The third-order valence-corrected chi connectivity index (χ3v) is 6.69. The number of carbonyl (C=O) groups is 1. The summed E-state index contributed by atoms with van der Waals surface area (Å²) >= 11 is 6.21. The van der Waals surface area contributed by atoms with Crippen molar-refractivity contribution in [3.05, 3.63) is 46.9 Å². The molecule has 36 heavy (non-hydrogen) atoms. The van der Waals surface area contributed by atoms with Crippen LogP contribution in [0.2, 0.25) is 5.02 Å². The summed E-state index contributed by atoms with van der Waals surface area (Å²) in [6.07, 6.45) is 5.93. The molecule has 1 aromatic carbocycles. The van der Waals surface area contributed by atoms with Crippen molar-refractivity contribution < 1.29 is 13.9 Å². The van der Waals surface area contributed by atoms with Gasteiger partial charge in [0.2, 0.25) is 0 Å². The van der Waals surface area contributed by atoms with Crippen LogP contribution in [0.25, 0.3) is 22.3 Å². The number of carbonyl (C=O) groups excluding carboxylic acids is 1. The highest BCUT2D eigenvalue weighted by atomic mass is 35.5. The molecule has 0 amide bonds. The molecular weight excluding hydrogens is 526 g/mol. The molecule has 1 fully saturated rings. The number of ketones is 1. The normalized spacial score (nSPS) is 17.3. The fourth-order valence-corrected chi connectivity index (χ4v) is 5.04. The summed E-state index contributed by atoms with van der Waals surface area (Å²) in [5.41, 5.74) is 3.51. The summed E-state index contributed by atoms with van der Waals surface area (Å²) in [7, 11) is 5.59. The number of benzene rings is 1. The molecule has 1 aliphatic carbocycles. The number of hydrogen-bond acceptors (Lipinski definition) is 6. The Labute approximate surface area is 228 Å². The first kappa shape index (κ1) is 30.0. The molecule has 1 N–H and O–H groups in total. The molecule has 10 heteroatoms. The molecule has 3 aromatic rings. The van der Waals surface area contributed by atoms with Gasteiger partial charge in [0.25, 0.3) is 0 Å². The zero-order valence-electron chi connectivity index (χ0n) is 20.8. The number of nitrogens with one attached hydrogen (secondary N) is 1. The fraction of sp³-hybridized carbons (Fsp3) is 0.423. The summed E-state index contributed by atoms with van der Waals surface area (Å²) < 4.78 is 19.5. The lowest BCUT2D eigenvalue weighted by atomic mass is 9.85. The highest BCUT2D eigenvalue weighted by molar-refractivity contribution is 6.32. The average molecular weight is 558 g/mol. The highest BCUT2D eigenvalue weighted by Crippen LogP contribution is 2.35. The zero-order chi connectivity index (χ0) is 24.4. The molecule has 0 unspecified atom stereocenters. The van der Waals surface area contributed by atoms with Gasteiger partial charge in [-0.2, -0.15) is 0 Å². The Morgan fingerprint density at radius 3 is 2.47 bits per heavy atom. The standard InChI is InChI=1S/C26H30ClFN4O2.2ClH/c1-15(33)19-13-29-23-10-9-22(17-11-20(27)26(34-4)21(28)12-17)31-25(23)24(19)30-18-7-5-16(6-8-18)14-32(2)3;;/h9-13,16,18H,5-8,14H2,1-4H3,(H,29,30);2*1H. The van der Waals surface area contributed by atoms with Gasteiger partial charge in [0.15, 0.2) is 17.3 Å². The van der Waals surface area contributed by atoms with Gasteiger partial charge in [-0.15, -0.1) is 24.8 Å². The van der Waals surface area contributed by atoms with Crippen LogP contribution in [0.5, 0.6) is 5.75 Å². The van der Waals surface area contributed by atoms with Crippen molar-refractivity contribution in [1.29, 1.82) is 0 Å². The van der Waals surface area contributed by atoms with Gasteiger partial charge in [0.05, 0.1) is 34.6 Å². The Bertz CT molecular complexity index is 1190. The van der Waals surface area contributed by atoms with Crippen LogP contribution in [-0.4, -0.2) is 54.4 Å². The fourth-order valence-electron chi connectivity index (χ4n) is 4.75. The van der Waals surface area contributed by atoms with E-state index in [4.69, 9.17) is 21.3 Å². The molecule has 2 aromatic heterocycles. The van der Waals surface area contributed by atoms with E-state index >= 15 is 0 Å². The monoisotopic (exact) mass is 556 g/mol. The molecule has 4 rings (SSSR count).